The maximum atomic E-state index is 13.2. The first-order chi connectivity index (χ1) is 11.3. The van der Waals surface area contributed by atoms with E-state index in [1.807, 2.05) is 35.7 Å². The Morgan fingerprint density at radius 3 is 2.48 bits per heavy atom. The molecule has 0 aliphatic rings. The summed E-state index contributed by atoms with van der Waals surface area (Å²) in [7, 11) is 0. The third-order valence-electron chi connectivity index (χ3n) is 3.56. The average Bonchev–Trinajstić information content (AvgIpc) is 3.02. The Kier molecular flexibility index (Phi) is 3.48. The van der Waals surface area contributed by atoms with E-state index in [1.54, 1.807) is 29.8 Å². The average molecular weight is 321 g/mol. The summed E-state index contributed by atoms with van der Waals surface area (Å²) in [5.41, 5.74) is 2.91. The van der Waals surface area contributed by atoms with Gasteiger partial charge in [-0.25, -0.2) is 14.4 Å². The number of anilines is 2. The van der Waals surface area contributed by atoms with E-state index in [0.717, 1.165) is 32.8 Å². The lowest BCUT2D eigenvalue weighted by molar-refractivity contribution is 0.628. The molecule has 112 valence electrons. The van der Waals surface area contributed by atoms with Gasteiger partial charge in [-0.05, 0) is 29.8 Å². The molecular formula is C18H12FN3S. The molecule has 0 bridgehead atoms. The maximum Gasteiger partial charge on any atom is 0.143 e. The van der Waals surface area contributed by atoms with Gasteiger partial charge in [0.25, 0.3) is 0 Å². The van der Waals surface area contributed by atoms with Gasteiger partial charge in [0.1, 0.15) is 22.8 Å². The molecule has 3 nitrogen and oxygen atoms in total. The number of rotatable bonds is 3. The number of para-hydroxylation sites is 1. The fourth-order valence-corrected chi connectivity index (χ4v) is 3.39. The normalized spacial score (nSPS) is 10.8. The highest BCUT2D eigenvalue weighted by atomic mass is 32.1. The first-order valence-electron chi connectivity index (χ1n) is 7.11. The molecule has 0 unspecified atom stereocenters. The van der Waals surface area contributed by atoms with Crippen LogP contribution in [0.5, 0.6) is 0 Å². The summed E-state index contributed by atoms with van der Waals surface area (Å²) in [5.74, 6) is 0.508. The Labute approximate surface area is 136 Å². The Morgan fingerprint density at radius 1 is 0.913 bits per heavy atom. The van der Waals surface area contributed by atoms with E-state index in [2.05, 4.69) is 15.3 Å². The van der Waals surface area contributed by atoms with Crippen LogP contribution in [0.3, 0.4) is 0 Å². The number of nitrogens with zero attached hydrogens (tertiary/aromatic N) is 2. The van der Waals surface area contributed by atoms with Crippen LogP contribution in [0.1, 0.15) is 0 Å². The fraction of sp³-hybridized carbons (Fsp3) is 0. The van der Waals surface area contributed by atoms with Crippen LogP contribution < -0.4 is 5.32 Å². The van der Waals surface area contributed by atoms with Crippen LogP contribution in [0.15, 0.2) is 66.3 Å². The van der Waals surface area contributed by atoms with Crippen molar-refractivity contribution in [2.24, 2.45) is 0 Å². The number of nitrogens with one attached hydrogen (secondary N) is 1. The highest BCUT2D eigenvalue weighted by Gasteiger charge is 2.13. The van der Waals surface area contributed by atoms with Crippen molar-refractivity contribution in [1.29, 1.82) is 0 Å². The summed E-state index contributed by atoms with van der Waals surface area (Å²) >= 11 is 1.55. The quantitative estimate of drug-likeness (QED) is 0.560. The van der Waals surface area contributed by atoms with E-state index in [9.17, 15) is 4.39 Å². The van der Waals surface area contributed by atoms with Crippen LogP contribution in [0.25, 0.3) is 21.3 Å². The Morgan fingerprint density at radius 2 is 1.70 bits per heavy atom. The second-order valence-corrected chi connectivity index (χ2v) is 5.91. The molecule has 4 rings (SSSR count). The minimum atomic E-state index is -0.243. The molecule has 0 fully saturated rings. The topological polar surface area (TPSA) is 37.8 Å². The zero-order chi connectivity index (χ0) is 15.6. The first kappa shape index (κ1) is 13.8. The molecule has 0 atom stereocenters. The highest BCUT2D eigenvalue weighted by molar-refractivity contribution is 7.17. The van der Waals surface area contributed by atoms with Gasteiger partial charge in [0, 0.05) is 16.6 Å². The standard InChI is InChI=1S/C18H12FN3S/c19-13-8-6-12(7-9-13)15-10-23-18-16(15)17(20-11-21-18)22-14-4-2-1-3-5-14/h1-11H,(H,20,21,22). The molecule has 0 aliphatic heterocycles. The van der Waals surface area contributed by atoms with Crippen molar-refractivity contribution in [3.63, 3.8) is 0 Å². The number of benzene rings is 2. The molecule has 0 aliphatic carbocycles. The molecule has 5 heteroatoms. The molecular weight excluding hydrogens is 309 g/mol. The molecule has 4 aromatic rings. The molecule has 2 aromatic heterocycles. The van der Waals surface area contributed by atoms with Crippen LogP contribution in [-0.4, -0.2) is 9.97 Å². The first-order valence-corrected chi connectivity index (χ1v) is 7.99. The molecule has 2 heterocycles. The van der Waals surface area contributed by atoms with Crippen LogP contribution >= 0.6 is 11.3 Å². The van der Waals surface area contributed by atoms with Crippen LogP contribution in [0.2, 0.25) is 0 Å². The van der Waals surface area contributed by atoms with Crippen molar-refractivity contribution in [2.75, 3.05) is 5.32 Å². The number of halogens is 1. The minimum Gasteiger partial charge on any atom is -0.340 e. The molecule has 23 heavy (non-hydrogen) atoms. The van der Waals surface area contributed by atoms with Gasteiger partial charge in [0.15, 0.2) is 0 Å². The SMILES string of the molecule is Fc1ccc(-c2csc3ncnc(Nc4ccccc4)c23)cc1. The maximum absolute atomic E-state index is 13.2. The van der Waals surface area contributed by atoms with Crippen molar-refractivity contribution in [2.45, 2.75) is 0 Å². The van der Waals surface area contributed by atoms with Gasteiger partial charge >= 0.3 is 0 Å². The van der Waals surface area contributed by atoms with E-state index >= 15 is 0 Å². The van der Waals surface area contributed by atoms with E-state index in [-0.39, 0.29) is 5.82 Å². The number of thiophene rings is 1. The van der Waals surface area contributed by atoms with Crippen molar-refractivity contribution in [1.82, 2.24) is 9.97 Å². The molecule has 2 aromatic carbocycles. The smallest absolute Gasteiger partial charge is 0.143 e. The summed E-state index contributed by atoms with van der Waals surface area (Å²) in [6.07, 6.45) is 1.55. The van der Waals surface area contributed by atoms with Crippen LogP contribution in [-0.2, 0) is 0 Å². The summed E-state index contributed by atoms with van der Waals surface area (Å²) in [6.45, 7) is 0. The van der Waals surface area contributed by atoms with Gasteiger partial charge < -0.3 is 5.32 Å². The van der Waals surface area contributed by atoms with E-state index in [4.69, 9.17) is 0 Å². The van der Waals surface area contributed by atoms with E-state index < -0.39 is 0 Å². The molecule has 0 radical (unpaired) electrons. The predicted molar refractivity (Wildman–Crippen MR) is 92.5 cm³/mol. The van der Waals surface area contributed by atoms with Gasteiger partial charge in [0.2, 0.25) is 0 Å². The zero-order valence-corrected chi connectivity index (χ0v) is 12.8. The van der Waals surface area contributed by atoms with Crippen molar-refractivity contribution < 1.29 is 4.39 Å². The predicted octanol–water partition coefficient (Wildman–Crippen LogP) is 5.24. The lowest BCUT2D eigenvalue weighted by Crippen LogP contribution is -1.95. The minimum absolute atomic E-state index is 0.243. The summed E-state index contributed by atoms with van der Waals surface area (Å²) in [4.78, 5) is 9.63. The number of aromatic nitrogens is 2. The Bertz CT molecular complexity index is 949. The van der Waals surface area contributed by atoms with Gasteiger partial charge in [-0.3, -0.25) is 0 Å². The fourth-order valence-electron chi connectivity index (χ4n) is 2.47. The second-order valence-electron chi connectivity index (χ2n) is 5.05. The van der Waals surface area contributed by atoms with Crippen LogP contribution in [0, 0.1) is 5.82 Å². The Hall–Kier alpha value is -2.79. The number of hydrogen-bond donors (Lipinski definition) is 1. The van der Waals surface area contributed by atoms with Crippen molar-refractivity contribution in [3.8, 4) is 11.1 Å². The van der Waals surface area contributed by atoms with Gasteiger partial charge in [0.05, 0.1) is 5.39 Å². The summed E-state index contributed by atoms with van der Waals surface area (Å²) in [5, 5.41) is 6.32. The lowest BCUT2D eigenvalue weighted by Gasteiger charge is -2.08. The Balaban J connectivity index is 1.85. The van der Waals surface area contributed by atoms with E-state index in [1.165, 1.54) is 12.1 Å². The van der Waals surface area contributed by atoms with Gasteiger partial charge in [-0.2, -0.15) is 0 Å². The molecule has 1 N–H and O–H groups in total. The van der Waals surface area contributed by atoms with Gasteiger partial charge in [-0.15, -0.1) is 11.3 Å². The largest absolute Gasteiger partial charge is 0.340 e. The summed E-state index contributed by atoms with van der Waals surface area (Å²) < 4.78 is 13.2. The third kappa shape index (κ3) is 2.66. The van der Waals surface area contributed by atoms with Gasteiger partial charge in [-0.1, -0.05) is 30.3 Å². The highest BCUT2D eigenvalue weighted by Crippen LogP contribution is 2.37. The molecule has 0 spiro atoms. The van der Waals surface area contributed by atoms with Crippen LogP contribution in [0.4, 0.5) is 15.9 Å². The molecule has 0 amide bonds. The van der Waals surface area contributed by atoms with E-state index in [0.29, 0.717) is 0 Å². The second kappa shape index (κ2) is 5.78. The molecule has 0 saturated heterocycles. The number of hydrogen-bond acceptors (Lipinski definition) is 4. The summed E-state index contributed by atoms with van der Waals surface area (Å²) in [6, 6.07) is 16.3. The molecule has 0 saturated carbocycles. The monoisotopic (exact) mass is 321 g/mol. The van der Waals surface area contributed by atoms with Crippen molar-refractivity contribution in [3.05, 3.63) is 72.1 Å². The zero-order valence-electron chi connectivity index (χ0n) is 12.0. The number of fused-ring (bicyclic) bond motifs is 1. The third-order valence-corrected chi connectivity index (χ3v) is 4.45. The van der Waals surface area contributed by atoms with Crippen molar-refractivity contribution >= 4 is 33.1 Å². The lowest BCUT2D eigenvalue weighted by atomic mass is 10.1.